The first kappa shape index (κ1) is 16.6. The minimum Gasteiger partial charge on any atom is -0.487 e. The van der Waals surface area contributed by atoms with E-state index in [1.807, 2.05) is 6.92 Å². The second kappa shape index (κ2) is 6.33. The van der Waals surface area contributed by atoms with Crippen LogP contribution >= 0.6 is 11.6 Å². The molecule has 0 aliphatic heterocycles. The SMILES string of the molecule is Cc1cc(C)cc(COc2cc3oc(=O)c(C)c(C)c3cc2Cl)c1. The second-order valence-corrected chi connectivity index (χ2v) is 6.61. The van der Waals surface area contributed by atoms with E-state index in [4.69, 9.17) is 20.8 Å². The van der Waals surface area contributed by atoms with E-state index >= 15 is 0 Å². The van der Waals surface area contributed by atoms with E-state index in [2.05, 4.69) is 32.0 Å². The maximum atomic E-state index is 11.9. The van der Waals surface area contributed by atoms with Gasteiger partial charge in [0.1, 0.15) is 17.9 Å². The summed E-state index contributed by atoms with van der Waals surface area (Å²) in [6.45, 7) is 8.15. The van der Waals surface area contributed by atoms with Crippen molar-refractivity contribution >= 4 is 22.6 Å². The number of hydrogen-bond donors (Lipinski definition) is 0. The molecular weight excluding hydrogens is 324 g/mol. The molecule has 3 nitrogen and oxygen atoms in total. The van der Waals surface area contributed by atoms with Gasteiger partial charge < -0.3 is 9.15 Å². The van der Waals surface area contributed by atoms with Crippen LogP contribution in [0.1, 0.15) is 27.8 Å². The summed E-state index contributed by atoms with van der Waals surface area (Å²) < 4.78 is 11.2. The molecule has 1 heterocycles. The van der Waals surface area contributed by atoms with Crippen molar-refractivity contribution in [2.75, 3.05) is 0 Å². The molecule has 0 saturated heterocycles. The normalized spacial score (nSPS) is 11.0. The predicted molar refractivity (Wildman–Crippen MR) is 97.2 cm³/mol. The third kappa shape index (κ3) is 3.17. The molecule has 0 fully saturated rings. The fraction of sp³-hybridized carbons (Fsp3) is 0.250. The topological polar surface area (TPSA) is 39.4 Å². The Bertz CT molecular complexity index is 966. The van der Waals surface area contributed by atoms with Crippen molar-refractivity contribution in [2.24, 2.45) is 0 Å². The van der Waals surface area contributed by atoms with Gasteiger partial charge in [0.25, 0.3) is 0 Å². The van der Waals surface area contributed by atoms with E-state index in [-0.39, 0.29) is 5.63 Å². The molecule has 24 heavy (non-hydrogen) atoms. The molecule has 0 atom stereocenters. The smallest absolute Gasteiger partial charge is 0.339 e. The van der Waals surface area contributed by atoms with Crippen molar-refractivity contribution in [3.05, 3.63) is 73.6 Å². The molecule has 0 radical (unpaired) electrons. The summed E-state index contributed by atoms with van der Waals surface area (Å²) in [6.07, 6.45) is 0. The summed E-state index contributed by atoms with van der Waals surface area (Å²) in [7, 11) is 0. The maximum Gasteiger partial charge on any atom is 0.339 e. The van der Waals surface area contributed by atoms with Gasteiger partial charge in [-0.15, -0.1) is 0 Å². The van der Waals surface area contributed by atoms with E-state index in [1.165, 1.54) is 11.1 Å². The molecular formula is C20H19ClO3. The molecule has 0 spiro atoms. The molecule has 0 aliphatic rings. The van der Waals surface area contributed by atoms with Crippen molar-refractivity contribution < 1.29 is 9.15 Å². The number of ether oxygens (including phenoxy) is 1. The Balaban J connectivity index is 1.96. The lowest BCUT2D eigenvalue weighted by molar-refractivity contribution is 0.306. The first-order valence-electron chi connectivity index (χ1n) is 7.78. The summed E-state index contributed by atoms with van der Waals surface area (Å²) in [4.78, 5) is 11.9. The third-order valence-electron chi connectivity index (χ3n) is 4.19. The molecule has 0 aliphatic carbocycles. The Hall–Kier alpha value is -2.26. The number of fused-ring (bicyclic) bond motifs is 1. The van der Waals surface area contributed by atoms with Gasteiger partial charge in [0.15, 0.2) is 0 Å². The molecule has 3 aromatic rings. The van der Waals surface area contributed by atoms with Gasteiger partial charge in [-0.05, 0) is 44.9 Å². The maximum absolute atomic E-state index is 11.9. The molecule has 2 aromatic carbocycles. The van der Waals surface area contributed by atoms with Crippen LogP contribution in [0.5, 0.6) is 5.75 Å². The van der Waals surface area contributed by atoms with Gasteiger partial charge in [-0.3, -0.25) is 0 Å². The summed E-state index contributed by atoms with van der Waals surface area (Å²) in [5, 5.41) is 1.33. The van der Waals surface area contributed by atoms with E-state index in [9.17, 15) is 4.79 Å². The standard InChI is InChI=1S/C20H19ClO3/c1-11-5-12(2)7-15(6-11)10-23-19-9-18-16(8-17(19)21)13(3)14(4)20(22)24-18/h5-9H,10H2,1-4H3. The molecule has 3 rings (SSSR count). The summed E-state index contributed by atoms with van der Waals surface area (Å²) in [5.41, 5.74) is 5.09. The van der Waals surface area contributed by atoms with Gasteiger partial charge in [-0.2, -0.15) is 0 Å². The molecule has 0 saturated carbocycles. The van der Waals surface area contributed by atoms with Crippen LogP contribution in [0.15, 0.2) is 39.5 Å². The highest BCUT2D eigenvalue weighted by Gasteiger charge is 2.12. The fourth-order valence-electron chi connectivity index (χ4n) is 2.87. The van der Waals surface area contributed by atoms with Gasteiger partial charge >= 0.3 is 5.63 Å². The van der Waals surface area contributed by atoms with Crippen LogP contribution in [0.2, 0.25) is 5.02 Å². The fourth-order valence-corrected chi connectivity index (χ4v) is 3.09. The second-order valence-electron chi connectivity index (χ2n) is 6.20. The summed E-state index contributed by atoms with van der Waals surface area (Å²) in [6, 6.07) is 9.75. The minimum atomic E-state index is -0.331. The van der Waals surface area contributed by atoms with Crippen LogP contribution in [-0.2, 0) is 6.61 Å². The van der Waals surface area contributed by atoms with Gasteiger partial charge in [0.2, 0.25) is 0 Å². The Kier molecular flexibility index (Phi) is 4.37. The highest BCUT2D eigenvalue weighted by Crippen LogP contribution is 2.32. The average Bonchev–Trinajstić information content (AvgIpc) is 2.51. The molecule has 0 bridgehead atoms. The number of benzene rings is 2. The quantitative estimate of drug-likeness (QED) is 0.609. The first-order valence-corrected chi connectivity index (χ1v) is 8.16. The van der Waals surface area contributed by atoms with E-state index in [0.29, 0.717) is 28.5 Å². The molecule has 0 amide bonds. The van der Waals surface area contributed by atoms with Gasteiger partial charge in [0.05, 0.1) is 5.02 Å². The zero-order chi connectivity index (χ0) is 17.4. The van der Waals surface area contributed by atoms with Crippen LogP contribution in [0, 0.1) is 27.7 Å². The number of rotatable bonds is 3. The number of hydrogen-bond acceptors (Lipinski definition) is 3. The predicted octanol–water partition coefficient (Wildman–Crippen LogP) is 5.26. The Labute approximate surface area is 145 Å². The number of aryl methyl sites for hydroxylation is 3. The van der Waals surface area contributed by atoms with Crippen LogP contribution in [-0.4, -0.2) is 0 Å². The summed E-state index contributed by atoms with van der Waals surface area (Å²) in [5.74, 6) is 0.509. The van der Waals surface area contributed by atoms with E-state index in [0.717, 1.165) is 16.5 Å². The lowest BCUT2D eigenvalue weighted by Crippen LogP contribution is -2.06. The highest BCUT2D eigenvalue weighted by atomic mass is 35.5. The van der Waals surface area contributed by atoms with Crippen LogP contribution in [0.25, 0.3) is 11.0 Å². The average molecular weight is 343 g/mol. The largest absolute Gasteiger partial charge is 0.487 e. The van der Waals surface area contributed by atoms with E-state index in [1.54, 1.807) is 19.1 Å². The minimum absolute atomic E-state index is 0.331. The Morgan fingerprint density at radius 2 is 1.62 bits per heavy atom. The lowest BCUT2D eigenvalue weighted by Gasteiger charge is -2.11. The van der Waals surface area contributed by atoms with Crippen molar-refractivity contribution in [2.45, 2.75) is 34.3 Å². The van der Waals surface area contributed by atoms with Crippen LogP contribution < -0.4 is 10.4 Å². The zero-order valence-electron chi connectivity index (χ0n) is 14.2. The van der Waals surface area contributed by atoms with Gasteiger partial charge in [-0.25, -0.2) is 4.79 Å². The molecule has 124 valence electrons. The molecule has 1 aromatic heterocycles. The van der Waals surface area contributed by atoms with Crippen molar-refractivity contribution in [3.63, 3.8) is 0 Å². The molecule has 0 N–H and O–H groups in total. The number of halogens is 1. The van der Waals surface area contributed by atoms with Crippen molar-refractivity contribution in [1.29, 1.82) is 0 Å². The van der Waals surface area contributed by atoms with Crippen LogP contribution in [0.3, 0.4) is 0 Å². The van der Waals surface area contributed by atoms with Gasteiger partial charge in [-0.1, -0.05) is 40.9 Å². The monoisotopic (exact) mass is 342 g/mol. The van der Waals surface area contributed by atoms with Crippen molar-refractivity contribution in [3.8, 4) is 5.75 Å². The lowest BCUT2D eigenvalue weighted by atomic mass is 10.1. The molecule has 4 heteroatoms. The highest BCUT2D eigenvalue weighted by molar-refractivity contribution is 6.32. The molecule has 0 unspecified atom stereocenters. The van der Waals surface area contributed by atoms with E-state index < -0.39 is 0 Å². The van der Waals surface area contributed by atoms with Crippen LogP contribution in [0.4, 0.5) is 0 Å². The van der Waals surface area contributed by atoms with Crippen molar-refractivity contribution in [1.82, 2.24) is 0 Å². The third-order valence-corrected chi connectivity index (χ3v) is 4.48. The zero-order valence-corrected chi connectivity index (χ0v) is 15.0. The Morgan fingerprint density at radius 3 is 2.29 bits per heavy atom. The van der Waals surface area contributed by atoms with Gasteiger partial charge in [0, 0.05) is 17.0 Å². The summed E-state index contributed by atoms with van der Waals surface area (Å²) >= 11 is 6.35. The Morgan fingerprint density at radius 1 is 0.958 bits per heavy atom. The first-order chi connectivity index (χ1) is 11.3.